The predicted octanol–water partition coefficient (Wildman–Crippen LogP) is 5.47. The molecule has 1 fully saturated rings. The van der Waals surface area contributed by atoms with E-state index in [4.69, 9.17) is 4.74 Å². The molecule has 0 bridgehead atoms. The first-order valence-corrected chi connectivity index (χ1v) is 7.92. The Morgan fingerprint density at radius 1 is 1.05 bits per heavy atom. The summed E-state index contributed by atoms with van der Waals surface area (Å²) in [6.07, 6.45) is 5.44. The lowest BCUT2D eigenvalue weighted by atomic mass is 9.93. The molecule has 1 saturated carbocycles. The highest BCUT2D eigenvalue weighted by atomic mass is 79.9. The average molecular weight is 319 g/mol. The number of methoxy groups -OCH3 is 1. The van der Waals surface area contributed by atoms with Gasteiger partial charge in [0.25, 0.3) is 0 Å². The molecule has 0 saturated heterocycles. The van der Waals surface area contributed by atoms with E-state index >= 15 is 0 Å². The van der Waals surface area contributed by atoms with Crippen molar-refractivity contribution < 1.29 is 4.74 Å². The fourth-order valence-electron chi connectivity index (χ4n) is 3.22. The second-order valence-corrected chi connectivity index (χ2v) is 6.34. The third kappa shape index (κ3) is 2.38. The molecule has 0 aliphatic heterocycles. The van der Waals surface area contributed by atoms with Crippen LogP contribution >= 0.6 is 15.9 Å². The van der Waals surface area contributed by atoms with Crippen LogP contribution in [0.2, 0.25) is 0 Å². The number of benzene rings is 2. The van der Waals surface area contributed by atoms with Crippen molar-refractivity contribution in [2.45, 2.75) is 30.5 Å². The molecule has 0 heterocycles. The van der Waals surface area contributed by atoms with Crippen LogP contribution in [0.5, 0.6) is 5.75 Å². The van der Waals surface area contributed by atoms with Gasteiger partial charge in [-0.25, -0.2) is 0 Å². The molecule has 19 heavy (non-hydrogen) atoms. The van der Waals surface area contributed by atoms with Gasteiger partial charge in [-0.3, -0.25) is 0 Å². The van der Waals surface area contributed by atoms with Crippen molar-refractivity contribution in [1.29, 1.82) is 0 Å². The van der Waals surface area contributed by atoms with Gasteiger partial charge in [0.2, 0.25) is 0 Å². The summed E-state index contributed by atoms with van der Waals surface area (Å²) in [7, 11) is 1.74. The zero-order valence-corrected chi connectivity index (χ0v) is 12.8. The van der Waals surface area contributed by atoms with Gasteiger partial charge in [-0.1, -0.05) is 59.1 Å². The summed E-state index contributed by atoms with van der Waals surface area (Å²) in [4.78, 5) is 0.464. The van der Waals surface area contributed by atoms with Crippen LogP contribution in [-0.4, -0.2) is 7.11 Å². The molecule has 1 aliphatic rings. The fraction of sp³-hybridized carbons (Fsp3) is 0.412. The van der Waals surface area contributed by atoms with Crippen LogP contribution in [0.25, 0.3) is 10.8 Å². The summed E-state index contributed by atoms with van der Waals surface area (Å²) < 4.78 is 5.47. The van der Waals surface area contributed by atoms with Crippen LogP contribution in [0, 0.1) is 5.92 Å². The normalized spacial score (nSPS) is 17.8. The minimum absolute atomic E-state index is 0.464. The highest BCUT2D eigenvalue weighted by Crippen LogP contribution is 2.44. The van der Waals surface area contributed by atoms with E-state index in [0.717, 1.165) is 11.7 Å². The van der Waals surface area contributed by atoms with Gasteiger partial charge in [0.1, 0.15) is 5.75 Å². The van der Waals surface area contributed by atoms with Crippen LogP contribution < -0.4 is 4.74 Å². The fourth-order valence-corrected chi connectivity index (χ4v) is 4.15. The lowest BCUT2D eigenvalue weighted by Crippen LogP contribution is -2.03. The van der Waals surface area contributed by atoms with Crippen molar-refractivity contribution in [2.24, 2.45) is 5.92 Å². The van der Waals surface area contributed by atoms with Crippen LogP contribution in [0.3, 0.4) is 0 Å². The van der Waals surface area contributed by atoms with E-state index in [1.165, 1.54) is 42.0 Å². The Morgan fingerprint density at radius 3 is 2.42 bits per heavy atom. The highest BCUT2D eigenvalue weighted by Gasteiger charge is 2.25. The zero-order valence-electron chi connectivity index (χ0n) is 11.2. The zero-order chi connectivity index (χ0) is 13.2. The minimum Gasteiger partial charge on any atom is -0.496 e. The summed E-state index contributed by atoms with van der Waals surface area (Å²) in [6.45, 7) is 0. The van der Waals surface area contributed by atoms with E-state index < -0.39 is 0 Å². The largest absolute Gasteiger partial charge is 0.496 e. The van der Waals surface area contributed by atoms with Gasteiger partial charge in [0, 0.05) is 10.2 Å². The standard InChI is InChI=1S/C17H19BrO/c1-19-16-11-10-15(13-8-4-5-9-14(13)16)17(18)12-6-2-3-7-12/h4-5,8-12,17H,2-3,6-7H2,1H3. The maximum Gasteiger partial charge on any atom is 0.126 e. The Morgan fingerprint density at radius 2 is 1.74 bits per heavy atom. The third-order valence-corrected chi connectivity index (χ3v) is 5.49. The Balaban J connectivity index is 2.08. The number of hydrogen-bond donors (Lipinski definition) is 0. The molecule has 0 radical (unpaired) electrons. The van der Waals surface area contributed by atoms with Gasteiger partial charge < -0.3 is 4.74 Å². The quantitative estimate of drug-likeness (QED) is 0.681. The first kappa shape index (κ1) is 13.0. The van der Waals surface area contributed by atoms with Crippen molar-refractivity contribution in [3.05, 3.63) is 42.0 Å². The van der Waals surface area contributed by atoms with Crippen LogP contribution in [-0.2, 0) is 0 Å². The highest BCUT2D eigenvalue weighted by molar-refractivity contribution is 9.09. The van der Waals surface area contributed by atoms with Gasteiger partial charge in [-0.15, -0.1) is 0 Å². The van der Waals surface area contributed by atoms with Gasteiger partial charge >= 0.3 is 0 Å². The van der Waals surface area contributed by atoms with Crippen molar-refractivity contribution >= 4 is 26.7 Å². The van der Waals surface area contributed by atoms with E-state index in [2.05, 4.69) is 52.3 Å². The molecule has 1 atom stereocenters. The Hall–Kier alpha value is -1.02. The molecule has 0 N–H and O–H groups in total. The molecule has 0 amide bonds. The number of alkyl halides is 1. The summed E-state index contributed by atoms with van der Waals surface area (Å²) in [6, 6.07) is 12.9. The van der Waals surface area contributed by atoms with Gasteiger partial charge in [0.15, 0.2) is 0 Å². The number of fused-ring (bicyclic) bond motifs is 1. The van der Waals surface area contributed by atoms with Crippen LogP contribution in [0.4, 0.5) is 0 Å². The lowest BCUT2D eigenvalue weighted by molar-refractivity contribution is 0.419. The van der Waals surface area contributed by atoms with E-state index in [9.17, 15) is 0 Å². The number of halogens is 1. The maximum atomic E-state index is 5.47. The molecule has 3 rings (SSSR count). The molecule has 2 heteroatoms. The topological polar surface area (TPSA) is 9.23 Å². The van der Waals surface area contributed by atoms with Gasteiger partial charge in [-0.2, -0.15) is 0 Å². The summed E-state index contributed by atoms with van der Waals surface area (Å²) in [5, 5.41) is 2.53. The SMILES string of the molecule is COc1ccc(C(Br)C2CCCC2)c2ccccc12. The summed E-state index contributed by atoms with van der Waals surface area (Å²) in [5.41, 5.74) is 1.41. The monoisotopic (exact) mass is 318 g/mol. The molecule has 2 aromatic rings. The Bertz CT molecular complexity index is 572. The number of ether oxygens (including phenoxy) is 1. The van der Waals surface area contributed by atoms with Crippen molar-refractivity contribution in [1.82, 2.24) is 0 Å². The molecule has 1 nitrogen and oxygen atoms in total. The number of hydrogen-bond acceptors (Lipinski definition) is 1. The number of rotatable bonds is 3. The molecular weight excluding hydrogens is 300 g/mol. The first-order chi connectivity index (χ1) is 9.31. The second-order valence-electron chi connectivity index (χ2n) is 5.35. The summed E-state index contributed by atoms with van der Waals surface area (Å²) in [5.74, 6) is 1.74. The average Bonchev–Trinajstić information content (AvgIpc) is 2.99. The van der Waals surface area contributed by atoms with Crippen molar-refractivity contribution in [3.63, 3.8) is 0 Å². The second kappa shape index (κ2) is 5.54. The maximum absolute atomic E-state index is 5.47. The van der Waals surface area contributed by atoms with Crippen molar-refractivity contribution in [3.8, 4) is 5.75 Å². The summed E-state index contributed by atoms with van der Waals surface area (Å²) >= 11 is 3.94. The van der Waals surface area contributed by atoms with E-state index in [0.29, 0.717) is 4.83 Å². The molecule has 2 aromatic carbocycles. The Labute approximate surface area is 123 Å². The Kier molecular flexibility index (Phi) is 3.79. The molecule has 1 unspecified atom stereocenters. The predicted molar refractivity (Wildman–Crippen MR) is 84.1 cm³/mol. The molecule has 0 spiro atoms. The molecule has 1 aliphatic carbocycles. The van der Waals surface area contributed by atoms with E-state index in [1.807, 2.05) is 0 Å². The van der Waals surface area contributed by atoms with Crippen LogP contribution in [0.1, 0.15) is 36.1 Å². The van der Waals surface area contributed by atoms with Gasteiger partial charge in [0.05, 0.1) is 7.11 Å². The third-order valence-electron chi connectivity index (χ3n) is 4.25. The first-order valence-electron chi connectivity index (χ1n) is 7.01. The van der Waals surface area contributed by atoms with E-state index in [1.54, 1.807) is 7.11 Å². The van der Waals surface area contributed by atoms with E-state index in [-0.39, 0.29) is 0 Å². The minimum atomic E-state index is 0.464. The molecular formula is C17H19BrO. The van der Waals surface area contributed by atoms with Crippen LogP contribution in [0.15, 0.2) is 36.4 Å². The lowest BCUT2D eigenvalue weighted by Gasteiger charge is -2.20. The smallest absolute Gasteiger partial charge is 0.126 e. The van der Waals surface area contributed by atoms with Gasteiger partial charge in [-0.05, 0) is 35.8 Å². The van der Waals surface area contributed by atoms with Crippen molar-refractivity contribution in [2.75, 3.05) is 7.11 Å². The molecule has 0 aromatic heterocycles. The molecule has 100 valence electrons.